The average Bonchev–Trinajstić information content (AvgIpc) is 3.22. The van der Waals surface area contributed by atoms with E-state index in [9.17, 15) is 0 Å². The van der Waals surface area contributed by atoms with E-state index in [1.807, 2.05) is 6.07 Å². The molecule has 0 bridgehead atoms. The summed E-state index contributed by atoms with van der Waals surface area (Å²) in [5.41, 5.74) is 1.08. The summed E-state index contributed by atoms with van der Waals surface area (Å²) < 4.78 is 10.9. The smallest absolute Gasteiger partial charge is 0.193 e. The number of hydrogen-bond donors (Lipinski definition) is 1. The molecule has 1 aromatic carbocycles. The van der Waals surface area contributed by atoms with Crippen molar-refractivity contribution in [2.45, 2.75) is 46.5 Å². The minimum atomic E-state index is -0.111. The van der Waals surface area contributed by atoms with Crippen molar-refractivity contribution >= 4 is 29.9 Å². The van der Waals surface area contributed by atoms with Gasteiger partial charge in [0, 0.05) is 31.6 Å². The van der Waals surface area contributed by atoms with Gasteiger partial charge in [-0.2, -0.15) is 0 Å². The van der Waals surface area contributed by atoms with Gasteiger partial charge in [0.15, 0.2) is 17.5 Å². The van der Waals surface area contributed by atoms with E-state index in [0.29, 0.717) is 12.5 Å². The monoisotopic (exact) mass is 546 g/mol. The Hall–Kier alpha value is -1.22. The minimum Gasteiger partial charge on any atom is -0.493 e. The molecule has 1 aromatic rings. The maximum Gasteiger partial charge on any atom is 0.193 e. The first-order valence-corrected chi connectivity index (χ1v) is 11.4. The van der Waals surface area contributed by atoms with Gasteiger partial charge in [0.05, 0.1) is 20.8 Å². The van der Waals surface area contributed by atoms with Gasteiger partial charge in [-0.1, -0.05) is 33.8 Å². The number of aliphatic imine (C=N–C) groups is 1. The van der Waals surface area contributed by atoms with Crippen molar-refractivity contribution in [1.29, 1.82) is 0 Å². The van der Waals surface area contributed by atoms with E-state index >= 15 is 0 Å². The maximum atomic E-state index is 5.49. The fourth-order valence-electron chi connectivity index (χ4n) is 4.07. The van der Waals surface area contributed by atoms with Crippen molar-refractivity contribution in [2.24, 2.45) is 10.9 Å². The molecule has 31 heavy (non-hydrogen) atoms. The number of methoxy groups -OCH3 is 2. The van der Waals surface area contributed by atoms with Crippen molar-refractivity contribution in [3.8, 4) is 11.5 Å². The summed E-state index contributed by atoms with van der Waals surface area (Å²) in [5.74, 6) is 3.27. The molecule has 2 rings (SSSR count). The third kappa shape index (κ3) is 7.70. The molecule has 1 saturated heterocycles. The van der Waals surface area contributed by atoms with Crippen molar-refractivity contribution in [3.05, 3.63) is 23.8 Å². The Morgan fingerprint density at radius 3 is 2.42 bits per heavy atom. The zero-order chi connectivity index (χ0) is 22.1. The summed E-state index contributed by atoms with van der Waals surface area (Å²) in [7, 11) is 3.34. The second kappa shape index (κ2) is 13.4. The highest BCUT2D eigenvalue weighted by atomic mass is 127. The van der Waals surface area contributed by atoms with Gasteiger partial charge >= 0.3 is 0 Å². The van der Waals surface area contributed by atoms with Crippen LogP contribution in [0.1, 0.15) is 46.6 Å². The number of nitrogens with one attached hydrogen (secondary N) is 1. The van der Waals surface area contributed by atoms with Gasteiger partial charge in [-0.25, -0.2) is 0 Å². The van der Waals surface area contributed by atoms with E-state index in [0.717, 1.165) is 50.2 Å². The lowest BCUT2D eigenvalue weighted by molar-refractivity contribution is 0.255. The number of likely N-dealkylation sites (tertiary alicyclic amines) is 1. The van der Waals surface area contributed by atoms with E-state index in [-0.39, 0.29) is 29.4 Å². The highest BCUT2D eigenvalue weighted by Gasteiger charge is 2.27. The second-order valence-electron chi connectivity index (χ2n) is 8.71. The van der Waals surface area contributed by atoms with Gasteiger partial charge in [0.25, 0.3) is 0 Å². The average molecular weight is 547 g/mol. The molecule has 1 unspecified atom stereocenters. The lowest BCUT2D eigenvalue weighted by atomic mass is 9.84. The third-order valence-corrected chi connectivity index (χ3v) is 6.12. The van der Waals surface area contributed by atoms with E-state index in [1.54, 1.807) is 14.2 Å². The number of halogens is 1. The van der Waals surface area contributed by atoms with Gasteiger partial charge < -0.3 is 24.6 Å². The second-order valence-corrected chi connectivity index (χ2v) is 8.71. The van der Waals surface area contributed by atoms with Crippen molar-refractivity contribution in [3.63, 3.8) is 0 Å². The van der Waals surface area contributed by atoms with Crippen LogP contribution in [0.4, 0.5) is 0 Å². The number of rotatable bonds is 10. The summed E-state index contributed by atoms with van der Waals surface area (Å²) in [6, 6.07) is 6.15. The van der Waals surface area contributed by atoms with Crippen LogP contribution in [-0.2, 0) is 5.41 Å². The topological polar surface area (TPSA) is 49.3 Å². The van der Waals surface area contributed by atoms with Crippen molar-refractivity contribution in [2.75, 3.05) is 60.0 Å². The molecule has 1 atom stereocenters. The SMILES string of the molecule is CCNC(=NCC(C)(C)c1ccc(OC)c(OC)c1)N1CCC(CN(CC)CC)C1.I. The molecule has 1 aliphatic heterocycles. The standard InChI is InChI=1S/C24H42N4O2.HI/c1-8-25-23(28-14-13-19(17-28)16-27(9-2)10-3)26-18-24(4,5)20-11-12-21(29-6)22(15-20)30-7;/h11-12,15,19H,8-10,13-14,16-18H2,1-7H3,(H,25,26);1H. The first-order chi connectivity index (χ1) is 14.4. The van der Waals surface area contributed by atoms with Crippen molar-refractivity contribution < 1.29 is 9.47 Å². The van der Waals surface area contributed by atoms with Crippen LogP contribution in [0, 0.1) is 5.92 Å². The molecule has 7 heteroatoms. The van der Waals surface area contributed by atoms with Crippen LogP contribution >= 0.6 is 24.0 Å². The summed E-state index contributed by atoms with van der Waals surface area (Å²) in [6.45, 7) is 18.3. The molecule has 0 spiro atoms. The number of nitrogens with zero attached hydrogens (tertiary/aromatic N) is 3. The molecule has 0 saturated carbocycles. The predicted octanol–water partition coefficient (Wildman–Crippen LogP) is 4.23. The van der Waals surface area contributed by atoms with Crippen LogP contribution in [0.5, 0.6) is 11.5 Å². The van der Waals surface area contributed by atoms with Crippen LogP contribution in [0.3, 0.4) is 0 Å². The zero-order valence-corrected chi connectivity index (χ0v) is 22.9. The minimum absolute atomic E-state index is 0. The molecule has 0 aliphatic carbocycles. The first-order valence-electron chi connectivity index (χ1n) is 11.4. The summed E-state index contributed by atoms with van der Waals surface area (Å²) >= 11 is 0. The Balaban J connectivity index is 0.00000480. The number of ether oxygens (including phenoxy) is 2. The van der Waals surface area contributed by atoms with E-state index in [4.69, 9.17) is 14.5 Å². The number of hydrogen-bond acceptors (Lipinski definition) is 4. The summed E-state index contributed by atoms with van der Waals surface area (Å²) in [5, 5.41) is 3.51. The molecule has 1 heterocycles. The van der Waals surface area contributed by atoms with E-state index in [1.165, 1.54) is 18.5 Å². The zero-order valence-electron chi connectivity index (χ0n) is 20.5. The fraction of sp³-hybridized carbons (Fsp3) is 0.708. The molecule has 6 nitrogen and oxygen atoms in total. The number of benzene rings is 1. The molecule has 0 radical (unpaired) electrons. The first kappa shape index (κ1) is 27.8. The van der Waals surface area contributed by atoms with Gasteiger partial charge in [0.1, 0.15) is 0 Å². The maximum absolute atomic E-state index is 5.49. The van der Waals surface area contributed by atoms with E-state index in [2.05, 4.69) is 61.9 Å². The Bertz CT molecular complexity index is 692. The van der Waals surface area contributed by atoms with Gasteiger partial charge in [-0.15, -0.1) is 24.0 Å². The highest BCUT2D eigenvalue weighted by molar-refractivity contribution is 14.0. The third-order valence-electron chi connectivity index (χ3n) is 6.12. The van der Waals surface area contributed by atoms with Gasteiger partial charge in [-0.05, 0) is 50.0 Å². The molecule has 1 aliphatic rings. The van der Waals surface area contributed by atoms with E-state index < -0.39 is 0 Å². The Morgan fingerprint density at radius 1 is 1.16 bits per heavy atom. The van der Waals surface area contributed by atoms with Gasteiger partial charge in [-0.3, -0.25) is 4.99 Å². The molecule has 0 amide bonds. The lowest BCUT2D eigenvalue weighted by Gasteiger charge is -2.27. The Labute approximate surface area is 206 Å². The predicted molar refractivity (Wildman–Crippen MR) is 141 cm³/mol. The van der Waals surface area contributed by atoms with Crippen LogP contribution in [0.25, 0.3) is 0 Å². The fourth-order valence-corrected chi connectivity index (χ4v) is 4.07. The molecule has 178 valence electrons. The quantitative estimate of drug-likeness (QED) is 0.271. The van der Waals surface area contributed by atoms with Gasteiger partial charge in [0.2, 0.25) is 0 Å². The van der Waals surface area contributed by atoms with Crippen molar-refractivity contribution in [1.82, 2.24) is 15.1 Å². The number of guanidine groups is 1. The van der Waals surface area contributed by atoms with Crippen LogP contribution in [0.2, 0.25) is 0 Å². The van der Waals surface area contributed by atoms with Crippen LogP contribution in [0.15, 0.2) is 23.2 Å². The summed E-state index contributed by atoms with van der Waals surface area (Å²) in [4.78, 5) is 10.0. The Morgan fingerprint density at radius 2 is 1.84 bits per heavy atom. The van der Waals surface area contributed by atoms with Crippen LogP contribution < -0.4 is 14.8 Å². The largest absolute Gasteiger partial charge is 0.493 e. The highest BCUT2D eigenvalue weighted by Crippen LogP contribution is 2.33. The van der Waals surface area contributed by atoms with Crippen LogP contribution in [-0.4, -0.2) is 75.8 Å². The molecular weight excluding hydrogens is 503 g/mol. The molecule has 1 N–H and O–H groups in total. The molecular formula is C24H43IN4O2. The molecule has 1 fully saturated rings. The lowest BCUT2D eigenvalue weighted by Crippen LogP contribution is -2.41. The Kier molecular flexibility index (Phi) is 12.0. The summed E-state index contributed by atoms with van der Waals surface area (Å²) in [6.07, 6.45) is 1.24. The molecule has 0 aromatic heterocycles. The normalized spacial score (nSPS) is 17.0.